The van der Waals surface area contributed by atoms with Crippen LogP contribution in [-0.2, 0) is 9.59 Å². The molecule has 4 rings (SSSR count). The fourth-order valence-corrected chi connectivity index (χ4v) is 4.56. The van der Waals surface area contributed by atoms with Crippen LogP contribution in [0.1, 0.15) is 34.6 Å². The third kappa shape index (κ3) is 1.75. The minimum atomic E-state index is -0.203. The molecule has 0 aromatic carbocycles. The lowest BCUT2D eigenvalue weighted by atomic mass is 9.39. The molecule has 4 nitrogen and oxygen atoms in total. The summed E-state index contributed by atoms with van der Waals surface area (Å²) in [5, 5.41) is 0. The largest absolute Gasteiger partial charge is 0.330 e. The van der Waals surface area contributed by atoms with E-state index in [1.165, 1.54) is 4.90 Å². The van der Waals surface area contributed by atoms with Gasteiger partial charge in [0.05, 0.1) is 11.8 Å². The van der Waals surface area contributed by atoms with Crippen molar-refractivity contribution in [3.05, 3.63) is 12.2 Å². The molecule has 0 saturated carbocycles. The number of carbonyl (C=O) groups is 2. The van der Waals surface area contributed by atoms with Gasteiger partial charge in [-0.25, -0.2) is 0 Å². The summed E-state index contributed by atoms with van der Waals surface area (Å²) >= 11 is 0. The topological polar surface area (TPSA) is 40.6 Å². The van der Waals surface area contributed by atoms with Crippen molar-refractivity contribution in [2.45, 2.75) is 58.8 Å². The highest BCUT2D eigenvalue weighted by molar-refractivity contribution is 6.58. The van der Waals surface area contributed by atoms with Crippen LogP contribution in [0.2, 0.25) is 12.6 Å². The fourth-order valence-electron chi connectivity index (χ4n) is 4.56. The van der Waals surface area contributed by atoms with Gasteiger partial charge in [-0.15, -0.1) is 0 Å². The second kappa shape index (κ2) is 4.47. The maximum absolute atomic E-state index is 12.6. The van der Waals surface area contributed by atoms with E-state index in [4.69, 9.17) is 0 Å². The van der Waals surface area contributed by atoms with E-state index in [1.54, 1.807) is 7.05 Å². The molecule has 5 heteroatoms. The second-order valence-corrected chi connectivity index (χ2v) is 8.70. The fraction of sp³-hybridized carbons (Fsp3) is 0.765. The van der Waals surface area contributed by atoms with E-state index in [0.717, 1.165) is 0 Å². The Hall–Kier alpha value is -1.10. The van der Waals surface area contributed by atoms with Gasteiger partial charge >= 0.3 is 0 Å². The Morgan fingerprint density at radius 1 is 1.00 bits per heavy atom. The Balaban J connectivity index is 2.07. The monoisotopic (exact) mass is 302 g/mol. The first-order chi connectivity index (χ1) is 10.00. The summed E-state index contributed by atoms with van der Waals surface area (Å²) in [4.78, 5) is 28.9. The van der Waals surface area contributed by atoms with E-state index in [1.807, 2.05) is 0 Å². The Labute approximate surface area is 134 Å². The van der Waals surface area contributed by atoms with Crippen LogP contribution in [0, 0.1) is 17.3 Å². The molecule has 0 aromatic rings. The van der Waals surface area contributed by atoms with Gasteiger partial charge in [0.1, 0.15) is 0 Å². The Kier molecular flexibility index (Phi) is 3.21. The number of carbonyl (C=O) groups excluding carboxylic acids is 2. The Morgan fingerprint density at radius 2 is 1.55 bits per heavy atom. The summed E-state index contributed by atoms with van der Waals surface area (Å²) in [7, 11) is 1.63. The number of allylic oxidation sites excluding steroid dienone is 1. The van der Waals surface area contributed by atoms with Gasteiger partial charge in [0.2, 0.25) is 18.7 Å². The summed E-state index contributed by atoms with van der Waals surface area (Å²) in [6.07, 6.45) is 4.35. The Bertz CT molecular complexity index is 563. The molecule has 3 heterocycles. The molecule has 0 radical (unpaired) electrons. The molecule has 0 N–H and O–H groups in total. The van der Waals surface area contributed by atoms with Crippen LogP contribution in [0.5, 0.6) is 0 Å². The minimum Gasteiger partial charge on any atom is -0.330 e. The molecule has 2 amide bonds. The molecule has 22 heavy (non-hydrogen) atoms. The predicted molar refractivity (Wildman–Crippen MR) is 88.4 cm³/mol. The lowest BCUT2D eigenvalue weighted by molar-refractivity contribution is -0.138. The lowest BCUT2D eigenvalue weighted by Gasteiger charge is -2.60. The van der Waals surface area contributed by atoms with Crippen molar-refractivity contribution < 1.29 is 9.59 Å². The summed E-state index contributed by atoms with van der Waals surface area (Å²) in [6, 6.07) is 0.0284. The SMILES string of the molecule is CB1C2C=CC(C3C(=O)N(C)C(=O)C23)N1C(C)(C)C(C)(C)C. The molecule has 0 aromatic heterocycles. The van der Waals surface area contributed by atoms with Crippen LogP contribution >= 0.6 is 0 Å². The van der Waals surface area contributed by atoms with Gasteiger partial charge in [0, 0.05) is 18.6 Å². The number of amides is 2. The average Bonchev–Trinajstić information content (AvgIpc) is 2.64. The normalized spacial score (nSPS) is 35.6. The first kappa shape index (κ1) is 15.8. The first-order valence-electron chi connectivity index (χ1n) is 8.28. The summed E-state index contributed by atoms with van der Waals surface area (Å²) in [6.45, 7) is 13.7. The number of hydrogen-bond donors (Lipinski definition) is 0. The molecule has 3 aliphatic heterocycles. The van der Waals surface area contributed by atoms with Crippen molar-refractivity contribution in [3.63, 3.8) is 0 Å². The summed E-state index contributed by atoms with van der Waals surface area (Å²) in [5.41, 5.74) is 0.0230. The molecule has 120 valence electrons. The first-order valence-corrected chi connectivity index (χ1v) is 8.28. The second-order valence-electron chi connectivity index (χ2n) is 8.70. The van der Waals surface area contributed by atoms with Crippen LogP contribution in [-0.4, -0.2) is 47.0 Å². The zero-order valence-corrected chi connectivity index (χ0v) is 14.8. The van der Waals surface area contributed by atoms with Crippen molar-refractivity contribution in [3.8, 4) is 0 Å². The lowest BCUT2D eigenvalue weighted by Crippen LogP contribution is -2.69. The smallest absolute Gasteiger partial charge is 0.234 e. The van der Waals surface area contributed by atoms with E-state index in [9.17, 15) is 9.59 Å². The quantitative estimate of drug-likeness (QED) is 0.424. The van der Waals surface area contributed by atoms with Gasteiger partial charge in [0.25, 0.3) is 0 Å². The van der Waals surface area contributed by atoms with Crippen molar-refractivity contribution in [1.29, 1.82) is 0 Å². The van der Waals surface area contributed by atoms with Gasteiger partial charge in [-0.05, 0) is 25.1 Å². The maximum atomic E-state index is 12.6. The molecule has 0 spiro atoms. The maximum Gasteiger partial charge on any atom is 0.234 e. The zero-order chi connectivity index (χ0) is 16.6. The highest BCUT2D eigenvalue weighted by atomic mass is 16.2. The number of rotatable bonds is 1. The van der Waals surface area contributed by atoms with E-state index < -0.39 is 0 Å². The van der Waals surface area contributed by atoms with E-state index in [0.29, 0.717) is 0 Å². The molecule has 4 atom stereocenters. The molecule has 2 saturated heterocycles. The van der Waals surface area contributed by atoms with Gasteiger partial charge in [-0.3, -0.25) is 14.5 Å². The number of fused-ring (bicyclic) bond motifs is 1. The molecule has 1 aliphatic carbocycles. The van der Waals surface area contributed by atoms with E-state index in [2.05, 4.69) is 58.4 Å². The van der Waals surface area contributed by atoms with Crippen LogP contribution in [0.4, 0.5) is 0 Å². The third-order valence-electron chi connectivity index (χ3n) is 6.73. The number of hydrogen-bond acceptors (Lipinski definition) is 3. The van der Waals surface area contributed by atoms with Gasteiger partial charge in [0.15, 0.2) is 0 Å². The summed E-state index contributed by atoms with van der Waals surface area (Å²) in [5.74, 6) is -0.219. The molecule has 2 bridgehead atoms. The number of nitrogens with zero attached hydrogens (tertiary/aromatic N) is 2. The van der Waals surface area contributed by atoms with Crippen molar-refractivity contribution in [2.75, 3.05) is 7.05 Å². The molecule has 2 fully saturated rings. The van der Waals surface area contributed by atoms with Crippen molar-refractivity contribution >= 4 is 18.7 Å². The Morgan fingerprint density at radius 3 is 2.09 bits per heavy atom. The van der Waals surface area contributed by atoms with Crippen molar-refractivity contribution in [1.82, 2.24) is 9.71 Å². The van der Waals surface area contributed by atoms with Crippen molar-refractivity contribution in [2.24, 2.45) is 17.3 Å². The van der Waals surface area contributed by atoms with E-state index in [-0.39, 0.29) is 53.3 Å². The molecular formula is C17H27BN2O2. The van der Waals surface area contributed by atoms with Crippen LogP contribution < -0.4 is 0 Å². The number of imide groups is 1. The minimum absolute atomic E-state index is 0.00374. The standard InChI is InChI=1S/C17H27BN2O2/c1-16(2,3)17(4,5)20-11-9-8-10(18(20)6)12-13(11)15(22)19(7)14(12)21/h8-13H,1-7H3. The zero-order valence-electron chi connectivity index (χ0n) is 14.8. The third-order valence-corrected chi connectivity index (χ3v) is 6.73. The van der Waals surface area contributed by atoms with Gasteiger partial charge in [-0.2, -0.15) is 0 Å². The van der Waals surface area contributed by atoms with Crippen LogP contribution in [0.25, 0.3) is 0 Å². The summed E-state index contributed by atoms with van der Waals surface area (Å²) < 4.78 is 0. The molecular weight excluding hydrogens is 275 g/mol. The highest BCUT2D eigenvalue weighted by Gasteiger charge is 2.63. The number of likely N-dealkylation sites (tertiary alicyclic amines) is 1. The van der Waals surface area contributed by atoms with Gasteiger partial charge < -0.3 is 4.81 Å². The predicted octanol–water partition coefficient (Wildman–Crippen LogP) is 2.29. The van der Waals surface area contributed by atoms with Crippen LogP contribution in [0.3, 0.4) is 0 Å². The highest BCUT2D eigenvalue weighted by Crippen LogP contribution is 2.53. The van der Waals surface area contributed by atoms with Crippen LogP contribution in [0.15, 0.2) is 12.2 Å². The average molecular weight is 302 g/mol. The molecule has 4 unspecified atom stereocenters. The van der Waals surface area contributed by atoms with Gasteiger partial charge in [-0.1, -0.05) is 39.7 Å². The van der Waals surface area contributed by atoms with E-state index >= 15 is 0 Å². The molecule has 4 aliphatic rings.